The lowest BCUT2D eigenvalue weighted by atomic mass is 10.1. The fraction of sp³-hybridized carbons (Fsp3) is 0.167. The van der Waals surface area contributed by atoms with Gasteiger partial charge in [-0.3, -0.25) is 19.3 Å². The van der Waals surface area contributed by atoms with E-state index in [-0.39, 0.29) is 49.2 Å². The van der Waals surface area contributed by atoms with Crippen LogP contribution < -0.4 is 19.7 Å². The first kappa shape index (κ1) is 26.1. The van der Waals surface area contributed by atoms with Gasteiger partial charge in [-0.25, -0.2) is 0 Å². The Morgan fingerprint density at radius 1 is 1.03 bits per heavy atom. The molecule has 2 amide bonds. The number of amides is 2. The van der Waals surface area contributed by atoms with Gasteiger partial charge >= 0.3 is 0 Å². The summed E-state index contributed by atoms with van der Waals surface area (Å²) in [5.41, 5.74) is 1.74. The lowest BCUT2D eigenvalue weighted by Gasteiger charge is -2.29. The number of halogens is 1. The van der Waals surface area contributed by atoms with E-state index in [2.05, 4.69) is 5.32 Å². The zero-order valence-electron chi connectivity index (χ0n) is 21.1. The number of ether oxygens (including phenoxy) is 2. The molecule has 3 aromatic carbocycles. The Kier molecular flexibility index (Phi) is 7.65. The van der Waals surface area contributed by atoms with E-state index in [4.69, 9.17) is 25.5 Å². The van der Waals surface area contributed by atoms with Crippen molar-refractivity contribution in [1.29, 1.82) is 0 Å². The maximum Gasteiger partial charge on any atom is 0.287 e. The van der Waals surface area contributed by atoms with E-state index in [0.717, 1.165) is 5.56 Å². The smallest absolute Gasteiger partial charge is 0.287 e. The van der Waals surface area contributed by atoms with Gasteiger partial charge in [0.25, 0.3) is 11.8 Å². The highest BCUT2D eigenvalue weighted by Gasteiger charge is 2.28. The van der Waals surface area contributed by atoms with Crippen molar-refractivity contribution in [2.45, 2.75) is 19.5 Å². The number of ketones is 1. The van der Waals surface area contributed by atoms with Crippen LogP contribution in [0.25, 0.3) is 0 Å². The summed E-state index contributed by atoms with van der Waals surface area (Å²) in [5.74, 6) is 0.445. The van der Waals surface area contributed by atoms with Crippen LogP contribution in [0.5, 0.6) is 11.5 Å². The third-order valence-corrected chi connectivity index (χ3v) is 6.58. The highest BCUT2D eigenvalue weighted by molar-refractivity contribution is 6.32. The fourth-order valence-electron chi connectivity index (χ4n) is 4.17. The Labute approximate surface area is 230 Å². The molecule has 2 heterocycles. The minimum absolute atomic E-state index is 0.0600. The van der Waals surface area contributed by atoms with Crippen molar-refractivity contribution in [3.05, 3.63) is 113 Å². The number of carbonyl (C=O) groups excluding carboxylic acids is 3. The van der Waals surface area contributed by atoms with Gasteiger partial charge in [-0.1, -0.05) is 54.1 Å². The van der Waals surface area contributed by atoms with Gasteiger partial charge in [0.1, 0.15) is 17.3 Å². The van der Waals surface area contributed by atoms with E-state index in [1.165, 1.54) is 4.90 Å². The van der Waals surface area contributed by atoms with Crippen molar-refractivity contribution >= 4 is 34.9 Å². The summed E-state index contributed by atoms with van der Waals surface area (Å²) in [5, 5.41) is 3.31. The van der Waals surface area contributed by atoms with E-state index < -0.39 is 0 Å². The van der Waals surface area contributed by atoms with Gasteiger partial charge in [0, 0.05) is 5.56 Å². The van der Waals surface area contributed by atoms with Gasteiger partial charge in [0.2, 0.25) is 0 Å². The van der Waals surface area contributed by atoms with Gasteiger partial charge in [-0.2, -0.15) is 0 Å². The maximum absolute atomic E-state index is 12.9. The number of hydrogen-bond acceptors (Lipinski definition) is 6. The Morgan fingerprint density at radius 2 is 1.79 bits per heavy atom. The van der Waals surface area contributed by atoms with Crippen molar-refractivity contribution in [3.8, 4) is 11.5 Å². The topological polar surface area (TPSA) is 98.1 Å². The first-order chi connectivity index (χ1) is 18.9. The average Bonchev–Trinajstić information content (AvgIpc) is 3.43. The summed E-state index contributed by atoms with van der Waals surface area (Å²) in [6.07, 6.45) is 0. The molecule has 0 bridgehead atoms. The second-order valence-corrected chi connectivity index (χ2v) is 9.37. The Hall–Kier alpha value is -4.56. The summed E-state index contributed by atoms with van der Waals surface area (Å²) in [6.45, 7) is 1.57. The molecular formula is C30H25ClN2O6. The molecule has 8 nitrogen and oxygen atoms in total. The van der Waals surface area contributed by atoms with Crippen LogP contribution >= 0.6 is 11.6 Å². The monoisotopic (exact) mass is 544 g/mol. The number of Topliss-reactive ketones (excluding diaryl/α,β-unsaturated/α-hetero) is 1. The molecule has 4 aromatic rings. The molecule has 39 heavy (non-hydrogen) atoms. The standard InChI is InChI=1S/C30H25ClN2O6/c1-19(20-7-3-2-4-8-20)32-30(36)28-14-12-22(39-28)16-33-24-15-21(11-13-27(24)38-18-29(33)35)25(34)17-37-26-10-6-5-9-23(26)31/h2-15,19H,16-18H2,1H3,(H,32,36). The zero-order valence-corrected chi connectivity index (χ0v) is 21.8. The van der Waals surface area contributed by atoms with Crippen LogP contribution in [0.15, 0.2) is 89.3 Å². The summed E-state index contributed by atoms with van der Waals surface area (Å²) in [6, 6.07) is 24.3. The molecule has 1 aliphatic heterocycles. The molecule has 0 aliphatic carbocycles. The van der Waals surface area contributed by atoms with Gasteiger partial charge in [0.05, 0.1) is 23.3 Å². The molecule has 1 atom stereocenters. The minimum atomic E-state index is -0.363. The lowest BCUT2D eigenvalue weighted by Crippen LogP contribution is -2.38. The number of anilines is 1. The summed E-state index contributed by atoms with van der Waals surface area (Å²) < 4.78 is 16.9. The van der Waals surface area contributed by atoms with Gasteiger partial charge in [-0.15, -0.1) is 0 Å². The second kappa shape index (κ2) is 11.4. The molecule has 0 spiro atoms. The van der Waals surface area contributed by atoms with E-state index in [1.54, 1.807) is 54.6 Å². The quantitative estimate of drug-likeness (QED) is 0.275. The van der Waals surface area contributed by atoms with E-state index in [9.17, 15) is 14.4 Å². The van der Waals surface area contributed by atoms with Gasteiger partial charge in [0.15, 0.2) is 24.8 Å². The molecule has 0 saturated heterocycles. The summed E-state index contributed by atoms with van der Waals surface area (Å²) in [4.78, 5) is 39.9. The predicted octanol–water partition coefficient (Wildman–Crippen LogP) is 5.61. The molecule has 198 valence electrons. The minimum Gasteiger partial charge on any atom is -0.484 e. The van der Waals surface area contributed by atoms with Crippen LogP contribution in [0, 0.1) is 0 Å². The molecule has 0 saturated carbocycles. The maximum atomic E-state index is 12.9. The van der Waals surface area contributed by atoms with Crippen molar-refractivity contribution in [1.82, 2.24) is 5.32 Å². The van der Waals surface area contributed by atoms with E-state index in [0.29, 0.717) is 33.5 Å². The SMILES string of the molecule is CC(NC(=O)c1ccc(CN2C(=O)COc3ccc(C(=O)COc4ccccc4Cl)cc32)o1)c1ccccc1. The first-order valence-electron chi connectivity index (χ1n) is 12.3. The summed E-state index contributed by atoms with van der Waals surface area (Å²) in [7, 11) is 0. The highest BCUT2D eigenvalue weighted by Crippen LogP contribution is 2.34. The number of nitrogens with one attached hydrogen (secondary N) is 1. The third kappa shape index (κ3) is 5.97. The number of nitrogens with zero attached hydrogens (tertiary/aromatic N) is 1. The molecule has 1 unspecified atom stereocenters. The van der Waals surface area contributed by atoms with E-state index in [1.807, 2.05) is 37.3 Å². The number of para-hydroxylation sites is 1. The molecular weight excluding hydrogens is 520 g/mol. The van der Waals surface area contributed by atoms with Crippen LogP contribution in [0.2, 0.25) is 5.02 Å². The Bertz CT molecular complexity index is 1520. The largest absolute Gasteiger partial charge is 0.484 e. The molecule has 1 aliphatic rings. The molecule has 1 N–H and O–H groups in total. The molecule has 0 fully saturated rings. The first-order valence-corrected chi connectivity index (χ1v) is 12.7. The Morgan fingerprint density at radius 3 is 2.59 bits per heavy atom. The van der Waals surface area contributed by atoms with Crippen LogP contribution in [0.4, 0.5) is 5.69 Å². The van der Waals surface area contributed by atoms with Crippen LogP contribution in [0.3, 0.4) is 0 Å². The fourth-order valence-corrected chi connectivity index (χ4v) is 4.36. The average molecular weight is 545 g/mol. The van der Waals surface area contributed by atoms with Crippen molar-refractivity contribution in [3.63, 3.8) is 0 Å². The number of benzene rings is 3. The van der Waals surface area contributed by atoms with Crippen LogP contribution in [-0.4, -0.2) is 30.8 Å². The van der Waals surface area contributed by atoms with Gasteiger partial charge < -0.3 is 19.2 Å². The Balaban J connectivity index is 1.28. The van der Waals surface area contributed by atoms with Crippen molar-refractivity contribution in [2.24, 2.45) is 0 Å². The van der Waals surface area contributed by atoms with Crippen molar-refractivity contribution in [2.75, 3.05) is 18.1 Å². The predicted molar refractivity (Wildman–Crippen MR) is 145 cm³/mol. The van der Waals surface area contributed by atoms with Crippen LogP contribution in [0.1, 0.15) is 45.2 Å². The van der Waals surface area contributed by atoms with Crippen LogP contribution in [-0.2, 0) is 11.3 Å². The number of fused-ring (bicyclic) bond motifs is 1. The number of rotatable bonds is 9. The van der Waals surface area contributed by atoms with Crippen molar-refractivity contribution < 1.29 is 28.3 Å². The molecule has 0 radical (unpaired) electrons. The number of carbonyl (C=O) groups is 3. The van der Waals surface area contributed by atoms with E-state index >= 15 is 0 Å². The normalized spacial score (nSPS) is 13.3. The summed E-state index contributed by atoms with van der Waals surface area (Å²) >= 11 is 6.10. The zero-order chi connectivity index (χ0) is 27.4. The molecule has 1 aromatic heterocycles. The van der Waals surface area contributed by atoms with Gasteiger partial charge in [-0.05, 0) is 55.0 Å². The third-order valence-electron chi connectivity index (χ3n) is 6.27. The molecule has 9 heteroatoms. The highest BCUT2D eigenvalue weighted by atomic mass is 35.5. The number of hydrogen-bond donors (Lipinski definition) is 1. The second-order valence-electron chi connectivity index (χ2n) is 8.97. The number of furan rings is 1. The molecule has 5 rings (SSSR count). The lowest BCUT2D eigenvalue weighted by molar-refractivity contribution is -0.121.